The van der Waals surface area contributed by atoms with E-state index in [1.54, 1.807) is 13.0 Å². The van der Waals surface area contributed by atoms with E-state index in [1.807, 2.05) is 0 Å². The normalized spacial score (nSPS) is 18.1. The highest BCUT2D eigenvalue weighted by Crippen LogP contribution is 2.26. The molecule has 106 valence electrons. The molecule has 1 aromatic heterocycles. The summed E-state index contributed by atoms with van der Waals surface area (Å²) in [7, 11) is 0. The lowest BCUT2D eigenvalue weighted by atomic mass is 9.87. The minimum atomic E-state index is -0.911. The van der Waals surface area contributed by atoms with E-state index in [9.17, 15) is 4.79 Å². The molecule has 2 rings (SSSR count). The first-order valence-electron chi connectivity index (χ1n) is 7.02. The Bertz CT molecular complexity index is 442. The van der Waals surface area contributed by atoms with Gasteiger partial charge in [0.25, 0.3) is 0 Å². The van der Waals surface area contributed by atoms with Crippen LogP contribution in [0.25, 0.3) is 0 Å². The van der Waals surface area contributed by atoms with E-state index in [0.717, 1.165) is 37.2 Å². The second kappa shape index (κ2) is 5.78. The third-order valence-electron chi connectivity index (χ3n) is 4.15. The van der Waals surface area contributed by atoms with Crippen molar-refractivity contribution in [1.29, 1.82) is 0 Å². The summed E-state index contributed by atoms with van der Waals surface area (Å²) in [6.45, 7) is 9.15. The van der Waals surface area contributed by atoms with Crippen molar-refractivity contribution < 1.29 is 14.3 Å². The molecule has 1 aromatic rings. The average molecular weight is 265 g/mol. The lowest BCUT2D eigenvalue weighted by Crippen LogP contribution is -2.34. The van der Waals surface area contributed by atoms with Crippen molar-refractivity contribution in [1.82, 2.24) is 4.90 Å². The molecule has 0 unspecified atom stereocenters. The fourth-order valence-corrected chi connectivity index (χ4v) is 2.83. The Morgan fingerprint density at radius 3 is 2.58 bits per heavy atom. The first kappa shape index (κ1) is 14.1. The summed E-state index contributed by atoms with van der Waals surface area (Å²) in [5.74, 6) is 1.93. The zero-order valence-corrected chi connectivity index (χ0v) is 12.0. The van der Waals surface area contributed by atoms with E-state index < -0.39 is 5.97 Å². The van der Waals surface area contributed by atoms with Crippen molar-refractivity contribution in [2.24, 2.45) is 11.8 Å². The van der Waals surface area contributed by atoms with Gasteiger partial charge in [-0.25, -0.2) is 4.79 Å². The molecular formula is C15H23NO3. The van der Waals surface area contributed by atoms with Crippen LogP contribution in [0.3, 0.4) is 0 Å². The van der Waals surface area contributed by atoms with Gasteiger partial charge in [-0.3, -0.25) is 4.90 Å². The molecule has 0 radical (unpaired) electrons. The van der Waals surface area contributed by atoms with Gasteiger partial charge < -0.3 is 9.52 Å². The molecule has 0 aromatic carbocycles. The number of furan rings is 1. The number of aryl methyl sites for hydroxylation is 1. The Labute approximate surface area is 114 Å². The van der Waals surface area contributed by atoms with E-state index in [-0.39, 0.29) is 5.56 Å². The van der Waals surface area contributed by atoms with Crippen LogP contribution in [0.2, 0.25) is 0 Å². The summed E-state index contributed by atoms with van der Waals surface area (Å²) in [4.78, 5) is 13.3. The minimum Gasteiger partial charge on any atom is -0.478 e. The van der Waals surface area contributed by atoms with E-state index in [4.69, 9.17) is 9.52 Å². The summed E-state index contributed by atoms with van der Waals surface area (Å²) < 4.78 is 5.53. The van der Waals surface area contributed by atoms with Crippen molar-refractivity contribution in [3.63, 3.8) is 0 Å². The molecule has 0 bridgehead atoms. The molecule has 0 spiro atoms. The minimum absolute atomic E-state index is 0.284. The van der Waals surface area contributed by atoms with Crippen molar-refractivity contribution in [3.8, 4) is 0 Å². The molecule has 19 heavy (non-hydrogen) atoms. The van der Waals surface area contributed by atoms with E-state index in [0.29, 0.717) is 5.76 Å². The zero-order chi connectivity index (χ0) is 14.0. The van der Waals surface area contributed by atoms with Crippen LogP contribution < -0.4 is 0 Å². The van der Waals surface area contributed by atoms with Gasteiger partial charge in [0.2, 0.25) is 0 Å². The summed E-state index contributed by atoms with van der Waals surface area (Å²) in [5.41, 5.74) is 0.284. The number of piperidine rings is 1. The maximum absolute atomic E-state index is 11.0. The van der Waals surface area contributed by atoms with Gasteiger partial charge in [0.05, 0.1) is 6.54 Å². The lowest BCUT2D eigenvalue weighted by molar-refractivity contribution is 0.0695. The average Bonchev–Trinajstić information content (AvgIpc) is 2.71. The Kier molecular flexibility index (Phi) is 4.30. The molecule has 0 amide bonds. The predicted molar refractivity (Wildman–Crippen MR) is 73.2 cm³/mol. The summed E-state index contributed by atoms with van der Waals surface area (Å²) in [5, 5.41) is 9.01. The number of likely N-dealkylation sites (tertiary alicyclic amines) is 1. The maximum atomic E-state index is 11.0. The van der Waals surface area contributed by atoms with Crippen LogP contribution >= 0.6 is 0 Å². The second-order valence-corrected chi connectivity index (χ2v) is 5.85. The van der Waals surface area contributed by atoms with Crippen LogP contribution in [0.4, 0.5) is 0 Å². The van der Waals surface area contributed by atoms with Gasteiger partial charge in [0.1, 0.15) is 17.1 Å². The lowest BCUT2D eigenvalue weighted by Gasteiger charge is -2.33. The van der Waals surface area contributed by atoms with Crippen LogP contribution in [0.15, 0.2) is 10.5 Å². The number of hydrogen-bond donors (Lipinski definition) is 1. The number of carboxylic acid groups (broad SMARTS) is 1. The van der Waals surface area contributed by atoms with E-state index >= 15 is 0 Å². The summed E-state index contributed by atoms with van der Waals surface area (Å²) >= 11 is 0. The van der Waals surface area contributed by atoms with Crippen LogP contribution in [-0.4, -0.2) is 29.1 Å². The van der Waals surface area contributed by atoms with Gasteiger partial charge in [-0.15, -0.1) is 0 Å². The van der Waals surface area contributed by atoms with Crippen molar-refractivity contribution in [2.45, 2.75) is 40.2 Å². The Balaban J connectivity index is 1.92. The van der Waals surface area contributed by atoms with E-state index in [2.05, 4.69) is 18.7 Å². The first-order chi connectivity index (χ1) is 8.97. The SMILES string of the molecule is Cc1oc(CN2CCC(C(C)C)CC2)cc1C(=O)O. The quantitative estimate of drug-likeness (QED) is 0.908. The Morgan fingerprint density at radius 2 is 2.11 bits per heavy atom. The molecule has 1 fully saturated rings. The molecule has 0 aliphatic carbocycles. The van der Waals surface area contributed by atoms with Crippen molar-refractivity contribution in [3.05, 3.63) is 23.2 Å². The summed E-state index contributed by atoms with van der Waals surface area (Å²) in [6.07, 6.45) is 2.45. The number of nitrogens with zero attached hydrogens (tertiary/aromatic N) is 1. The topological polar surface area (TPSA) is 53.7 Å². The highest BCUT2D eigenvalue weighted by molar-refractivity contribution is 5.88. The number of carboxylic acids is 1. The van der Waals surface area contributed by atoms with Crippen LogP contribution in [-0.2, 0) is 6.54 Å². The fraction of sp³-hybridized carbons (Fsp3) is 0.667. The van der Waals surface area contributed by atoms with Gasteiger partial charge in [-0.1, -0.05) is 13.8 Å². The number of rotatable bonds is 4. The zero-order valence-electron chi connectivity index (χ0n) is 12.0. The molecule has 1 aliphatic rings. The number of hydrogen-bond acceptors (Lipinski definition) is 3. The molecular weight excluding hydrogens is 242 g/mol. The molecule has 0 atom stereocenters. The first-order valence-corrected chi connectivity index (χ1v) is 7.02. The molecule has 2 heterocycles. The highest BCUT2D eigenvalue weighted by atomic mass is 16.4. The number of aromatic carboxylic acids is 1. The van der Waals surface area contributed by atoms with Gasteiger partial charge in [-0.2, -0.15) is 0 Å². The second-order valence-electron chi connectivity index (χ2n) is 5.85. The third kappa shape index (κ3) is 3.38. The molecule has 1 saturated heterocycles. The molecule has 4 heteroatoms. The van der Waals surface area contributed by atoms with Crippen LogP contribution in [0.1, 0.15) is 48.6 Å². The highest BCUT2D eigenvalue weighted by Gasteiger charge is 2.23. The van der Waals surface area contributed by atoms with Crippen molar-refractivity contribution >= 4 is 5.97 Å². The smallest absolute Gasteiger partial charge is 0.339 e. The molecule has 0 saturated carbocycles. The third-order valence-corrected chi connectivity index (χ3v) is 4.15. The number of carbonyl (C=O) groups is 1. The van der Waals surface area contributed by atoms with Gasteiger partial charge >= 0.3 is 5.97 Å². The molecule has 1 N–H and O–H groups in total. The standard InChI is InChI=1S/C15H23NO3/c1-10(2)12-4-6-16(7-5-12)9-13-8-14(15(17)18)11(3)19-13/h8,10,12H,4-7,9H2,1-3H3,(H,17,18). The van der Waals surface area contributed by atoms with Gasteiger partial charge in [-0.05, 0) is 50.8 Å². The van der Waals surface area contributed by atoms with Gasteiger partial charge in [0.15, 0.2) is 0 Å². The summed E-state index contributed by atoms with van der Waals surface area (Å²) in [6, 6.07) is 1.66. The fourth-order valence-electron chi connectivity index (χ4n) is 2.83. The van der Waals surface area contributed by atoms with Crippen molar-refractivity contribution in [2.75, 3.05) is 13.1 Å². The monoisotopic (exact) mass is 265 g/mol. The predicted octanol–water partition coefficient (Wildman–Crippen LogP) is 3.15. The van der Waals surface area contributed by atoms with E-state index in [1.165, 1.54) is 12.8 Å². The molecule has 4 nitrogen and oxygen atoms in total. The largest absolute Gasteiger partial charge is 0.478 e. The van der Waals surface area contributed by atoms with Crippen LogP contribution in [0, 0.1) is 18.8 Å². The Morgan fingerprint density at radius 1 is 1.47 bits per heavy atom. The Hall–Kier alpha value is -1.29. The van der Waals surface area contributed by atoms with Crippen LogP contribution in [0.5, 0.6) is 0 Å². The molecule has 1 aliphatic heterocycles. The van der Waals surface area contributed by atoms with Gasteiger partial charge in [0, 0.05) is 0 Å². The maximum Gasteiger partial charge on any atom is 0.339 e.